The third-order valence-electron chi connectivity index (χ3n) is 5.44. The minimum Gasteiger partial charge on any atom is -0.481 e. The first kappa shape index (κ1) is 19.9. The van der Waals surface area contributed by atoms with Crippen LogP contribution in [-0.2, 0) is 11.3 Å². The molecule has 1 saturated heterocycles. The van der Waals surface area contributed by atoms with E-state index in [2.05, 4.69) is 40.2 Å². The Labute approximate surface area is 176 Å². The van der Waals surface area contributed by atoms with Gasteiger partial charge in [-0.05, 0) is 42.8 Å². The molecule has 30 heavy (non-hydrogen) atoms. The van der Waals surface area contributed by atoms with E-state index in [-0.39, 0.29) is 5.91 Å². The zero-order chi connectivity index (χ0) is 20.9. The molecule has 0 aliphatic carbocycles. The molecule has 1 atom stereocenters. The molecule has 1 amide bonds. The Balaban J connectivity index is 1.32. The fourth-order valence-corrected chi connectivity index (χ4v) is 3.78. The van der Waals surface area contributed by atoms with Gasteiger partial charge in [0, 0.05) is 44.3 Å². The first-order chi connectivity index (χ1) is 14.6. The molecule has 2 aromatic carbocycles. The van der Waals surface area contributed by atoms with Crippen molar-refractivity contribution in [3.63, 3.8) is 0 Å². The van der Waals surface area contributed by atoms with Gasteiger partial charge in [-0.2, -0.15) is 5.26 Å². The van der Waals surface area contributed by atoms with Gasteiger partial charge in [0.05, 0.1) is 17.1 Å². The van der Waals surface area contributed by atoms with Crippen LogP contribution in [0, 0.1) is 11.3 Å². The quantitative estimate of drug-likeness (QED) is 0.658. The van der Waals surface area contributed by atoms with Crippen molar-refractivity contribution >= 4 is 16.8 Å². The molecule has 0 N–H and O–H groups in total. The van der Waals surface area contributed by atoms with E-state index in [1.807, 2.05) is 17.2 Å². The summed E-state index contributed by atoms with van der Waals surface area (Å²) in [5.74, 6) is 0.586. The summed E-state index contributed by atoms with van der Waals surface area (Å²) in [6.45, 7) is 5.59. The Hall–Kier alpha value is -3.43. The van der Waals surface area contributed by atoms with Gasteiger partial charge >= 0.3 is 0 Å². The van der Waals surface area contributed by atoms with Gasteiger partial charge in [0.25, 0.3) is 5.91 Å². The molecule has 1 aliphatic heterocycles. The molecule has 0 spiro atoms. The summed E-state index contributed by atoms with van der Waals surface area (Å²) >= 11 is 0. The smallest absolute Gasteiger partial charge is 0.263 e. The van der Waals surface area contributed by atoms with Crippen molar-refractivity contribution in [1.29, 1.82) is 5.26 Å². The molecule has 3 aromatic rings. The molecular formula is C24H24N4O2. The van der Waals surface area contributed by atoms with E-state index in [4.69, 9.17) is 10.00 Å². The summed E-state index contributed by atoms with van der Waals surface area (Å²) in [6.07, 6.45) is 1.27. The molecule has 152 valence electrons. The minimum atomic E-state index is -0.563. The molecule has 1 fully saturated rings. The van der Waals surface area contributed by atoms with Crippen molar-refractivity contribution in [2.75, 3.05) is 26.2 Å². The van der Waals surface area contributed by atoms with Gasteiger partial charge in [-0.3, -0.25) is 14.7 Å². The Kier molecular flexibility index (Phi) is 5.92. The van der Waals surface area contributed by atoms with Gasteiger partial charge in [0.1, 0.15) is 5.75 Å². The summed E-state index contributed by atoms with van der Waals surface area (Å²) in [4.78, 5) is 21.6. The number of pyridine rings is 1. The number of carbonyl (C=O) groups is 1. The highest BCUT2D eigenvalue weighted by Gasteiger charge is 2.26. The second-order valence-electron chi connectivity index (χ2n) is 7.49. The van der Waals surface area contributed by atoms with Crippen LogP contribution < -0.4 is 4.74 Å². The predicted molar refractivity (Wildman–Crippen MR) is 115 cm³/mol. The Morgan fingerprint density at radius 2 is 1.83 bits per heavy atom. The number of fused-ring (bicyclic) bond motifs is 1. The predicted octanol–water partition coefficient (Wildman–Crippen LogP) is 3.22. The molecule has 6 heteroatoms. The maximum absolute atomic E-state index is 12.8. The number of hydrogen-bond acceptors (Lipinski definition) is 5. The number of piperazine rings is 1. The number of benzene rings is 2. The van der Waals surface area contributed by atoms with Crippen molar-refractivity contribution in [1.82, 2.24) is 14.8 Å². The zero-order valence-corrected chi connectivity index (χ0v) is 17.0. The van der Waals surface area contributed by atoms with Gasteiger partial charge in [-0.1, -0.05) is 24.3 Å². The number of rotatable bonds is 5. The highest BCUT2D eigenvalue weighted by Crippen LogP contribution is 2.19. The number of nitrogens with zero attached hydrogens (tertiary/aromatic N) is 4. The maximum atomic E-state index is 12.8. The van der Waals surface area contributed by atoms with E-state index >= 15 is 0 Å². The van der Waals surface area contributed by atoms with Gasteiger partial charge in [-0.25, -0.2) is 0 Å². The highest BCUT2D eigenvalue weighted by atomic mass is 16.5. The first-order valence-electron chi connectivity index (χ1n) is 10.1. The number of aromatic nitrogens is 1. The lowest BCUT2D eigenvalue weighted by Crippen LogP contribution is -2.51. The van der Waals surface area contributed by atoms with Crippen molar-refractivity contribution in [2.45, 2.75) is 19.6 Å². The number of amides is 1. The third kappa shape index (κ3) is 4.42. The van der Waals surface area contributed by atoms with Gasteiger partial charge in [-0.15, -0.1) is 0 Å². The number of ether oxygens (including phenoxy) is 1. The van der Waals surface area contributed by atoms with E-state index in [0.29, 0.717) is 24.4 Å². The van der Waals surface area contributed by atoms with Crippen LogP contribution in [0.15, 0.2) is 60.8 Å². The van der Waals surface area contributed by atoms with Crippen LogP contribution in [0.3, 0.4) is 0 Å². The summed E-state index contributed by atoms with van der Waals surface area (Å²) in [6, 6.07) is 19.2. The van der Waals surface area contributed by atoms with E-state index in [0.717, 1.165) is 30.5 Å². The standard InChI is InChI=1S/C24H24N4O2/c1-18(30-22-9-7-19(16-25)8-10-22)24(29)28-14-12-27(13-15-28)17-21-5-2-4-20-6-3-11-26-23(20)21/h2-11,18H,12-15,17H2,1H3. The summed E-state index contributed by atoms with van der Waals surface area (Å²) in [5.41, 5.74) is 2.83. The fraction of sp³-hybridized carbons (Fsp3) is 0.292. The molecule has 4 rings (SSSR count). The Morgan fingerprint density at radius 1 is 1.10 bits per heavy atom. The number of hydrogen-bond donors (Lipinski definition) is 0. The minimum absolute atomic E-state index is 0.00848. The number of carbonyl (C=O) groups excluding carboxylic acids is 1. The number of nitriles is 1. The summed E-state index contributed by atoms with van der Waals surface area (Å²) < 4.78 is 5.78. The van der Waals surface area contributed by atoms with Crippen LogP contribution in [0.4, 0.5) is 0 Å². The molecule has 1 aromatic heterocycles. The van der Waals surface area contributed by atoms with Crippen LogP contribution in [-0.4, -0.2) is 53.0 Å². The second-order valence-corrected chi connectivity index (χ2v) is 7.49. The lowest BCUT2D eigenvalue weighted by atomic mass is 10.1. The fourth-order valence-electron chi connectivity index (χ4n) is 3.78. The molecule has 1 aliphatic rings. The lowest BCUT2D eigenvalue weighted by Gasteiger charge is -2.36. The topological polar surface area (TPSA) is 69.5 Å². The molecular weight excluding hydrogens is 376 g/mol. The lowest BCUT2D eigenvalue weighted by molar-refractivity contribution is -0.139. The number of para-hydroxylation sites is 1. The Bertz CT molecular complexity index is 1060. The largest absolute Gasteiger partial charge is 0.481 e. The van der Waals surface area contributed by atoms with Crippen LogP contribution in [0.25, 0.3) is 10.9 Å². The van der Waals surface area contributed by atoms with Gasteiger partial charge < -0.3 is 9.64 Å². The van der Waals surface area contributed by atoms with E-state index in [1.165, 1.54) is 5.56 Å². The highest BCUT2D eigenvalue weighted by molar-refractivity contribution is 5.82. The third-order valence-corrected chi connectivity index (χ3v) is 5.44. The molecule has 1 unspecified atom stereocenters. The maximum Gasteiger partial charge on any atom is 0.263 e. The van der Waals surface area contributed by atoms with Crippen LogP contribution in [0.5, 0.6) is 5.75 Å². The normalized spacial score (nSPS) is 15.5. The molecule has 2 heterocycles. The average Bonchev–Trinajstić information content (AvgIpc) is 2.80. The average molecular weight is 400 g/mol. The van der Waals surface area contributed by atoms with Crippen LogP contribution >= 0.6 is 0 Å². The Morgan fingerprint density at radius 3 is 2.57 bits per heavy atom. The van der Waals surface area contributed by atoms with Crippen molar-refractivity contribution in [2.24, 2.45) is 0 Å². The SMILES string of the molecule is CC(Oc1ccc(C#N)cc1)C(=O)N1CCN(Cc2cccc3cccnc23)CC1. The molecule has 6 nitrogen and oxygen atoms in total. The first-order valence-corrected chi connectivity index (χ1v) is 10.1. The van der Waals surface area contributed by atoms with Crippen molar-refractivity contribution in [3.8, 4) is 11.8 Å². The monoisotopic (exact) mass is 400 g/mol. The summed E-state index contributed by atoms with van der Waals surface area (Å²) in [5, 5.41) is 10.0. The molecule has 0 saturated carbocycles. The molecule has 0 bridgehead atoms. The van der Waals surface area contributed by atoms with E-state index in [9.17, 15) is 4.79 Å². The second kappa shape index (κ2) is 8.93. The van der Waals surface area contributed by atoms with E-state index in [1.54, 1.807) is 31.2 Å². The zero-order valence-electron chi connectivity index (χ0n) is 17.0. The van der Waals surface area contributed by atoms with Gasteiger partial charge in [0.2, 0.25) is 0 Å². The van der Waals surface area contributed by atoms with Crippen molar-refractivity contribution in [3.05, 3.63) is 71.9 Å². The van der Waals surface area contributed by atoms with Gasteiger partial charge in [0.15, 0.2) is 6.10 Å². The van der Waals surface area contributed by atoms with Crippen LogP contribution in [0.2, 0.25) is 0 Å². The molecule has 0 radical (unpaired) electrons. The van der Waals surface area contributed by atoms with E-state index < -0.39 is 6.10 Å². The summed E-state index contributed by atoms with van der Waals surface area (Å²) in [7, 11) is 0. The van der Waals surface area contributed by atoms with Crippen LogP contribution in [0.1, 0.15) is 18.1 Å². The van der Waals surface area contributed by atoms with Crippen molar-refractivity contribution < 1.29 is 9.53 Å².